The Morgan fingerprint density at radius 2 is 2.08 bits per heavy atom. The molecule has 1 atom stereocenters. The minimum Gasteiger partial charge on any atom is -0.497 e. The summed E-state index contributed by atoms with van der Waals surface area (Å²) in [6.07, 6.45) is 2.33. The molecule has 1 fully saturated rings. The van der Waals surface area contributed by atoms with Gasteiger partial charge in [0.1, 0.15) is 5.75 Å². The normalized spacial score (nSPS) is 16.6. The van der Waals surface area contributed by atoms with Gasteiger partial charge in [-0.2, -0.15) is 0 Å². The van der Waals surface area contributed by atoms with E-state index < -0.39 is 0 Å². The van der Waals surface area contributed by atoms with Crippen LogP contribution in [0.25, 0.3) is 0 Å². The number of ether oxygens (including phenoxy) is 2. The Balaban J connectivity index is 1.79. The second kappa shape index (κ2) is 10.4. The highest BCUT2D eigenvalue weighted by Crippen LogP contribution is 2.15. The average Bonchev–Trinajstić information content (AvgIpc) is 2.64. The molecule has 1 aromatic rings. The molecule has 0 bridgehead atoms. The Hall–Kier alpha value is -1.59. The number of carbonyl (C=O) groups is 1. The number of morpholine rings is 1. The van der Waals surface area contributed by atoms with Crippen molar-refractivity contribution in [2.45, 2.75) is 39.2 Å². The van der Waals surface area contributed by atoms with E-state index in [0.717, 1.165) is 57.0 Å². The lowest BCUT2D eigenvalue weighted by Crippen LogP contribution is -2.49. The molecule has 25 heavy (non-hydrogen) atoms. The number of nitrogens with one attached hydrogen (secondary N) is 1. The SMILES string of the molecule is COc1cccc(CCC(=O)NCC(CC(C)C)N2CCOCC2)c1. The number of methoxy groups -OCH3 is 1. The zero-order chi connectivity index (χ0) is 18.1. The molecule has 2 rings (SSSR count). The van der Waals surface area contributed by atoms with E-state index >= 15 is 0 Å². The summed E-state index contributed by atoms with van der Waals surface area (Å²) < 4.78 is 10.7. The number of amides is 1. The first-order valence-electron chi connectivity index (χ1n) is 9.30. The maximum Gasteiger partial charge on any atom is 0.220 e. The average molecular weight is 348 g/mol. The summed E-state index contributed by atoms with van der Waals surface area (Å²) >= 11 is 0. The van der Waals surface area contributed by atoms with Crippen LogP contribution in [0.1, 0.15) is 32.3 Å². The molecule has 0 radical (unpaired) electrons. The number of nitrogens with zero attached hydrogens (tertiary/aromatic N) is 1. The molecule has 0 spiro atoms. The highest BCUT2D eigenvalue weighted by Gasteiger charge is 2.22. The van der Waals surface area contributed by atoms with Crippen LogP contribution in [-0.4, -0.2) is 56.8 Å². The smallest absolute Gasteiger partial charge is 0.220 e. The fourth-order valence-corrected chi connectivity index (χ4v) is 3.25. The number of hydrogen-bond acceptors (Lipinski definition) is 4. The predicted molar refractivity (Wildman–Crippen MR) is 100.0 cm³/mol. The van der Waals surface area contributed by atoms with E-state index in [4.69, 9.17) is 9.47 Å². The number of aryl methyl sites for hydroxylation is 1. The number of hydrogen-bond donors (Lipinski definition) is 1. The summed E-state index contributed by atoms with van der Waals surface area (Å²) in [6.45, 7) is 8.68. The summed E-state index contributed by atoms with van der Waals surface area (Å²) in [5, 5.41) is 3.13. The molecule has 5 nitrogen and oxygen atoms in total. The molecule has 1 aromatic carbocycles. The number of benzene rings is 1. The van der Waals surface area contributed by atoms with Crippen LogP contribution >= 0.6 is 0 Å². The lowest BCUT2D eigenvalue weighted by molar-refractivity contribution is -0.121. The van der Waals surface area contributed by atoms with Gasteiger partial charge in [0.2, 0.25) is 5.91 Å². The van der Waals surface area contributed by atoms with Crippen molar-refractivity contribution in [3.63, 3.8) is 0 Å². The van der Waals surface area contributed by atoms with Crippen LogP contribution in [0, 0.1) is 5.92 Å². The molecule has 1 heterocycles. The lowest BCUT2D eigenvalue weighted by atomic mass is 10.0. The quantitative estimate of drug-likeness (QED) is 0.745. The van der Waals surface area contributed by atoms with E-state index in [1.54, 1.807) is 7.11 Å². The molecule has 1 amide bonds. The van der Waals surface area contributed by atoms with Gasteiger partial charge in [0.15, 0.2) is 0 Å². The van der Waals surface area contributed by atoms with E-state index in [1.807, 2.05) is 24.3 Å². The van der Waals surface area contributed by atoms with Crippen molar-refractivity contribution in [2.24, 2.45) is 5.92 Å². The first-order valence-corrected chi connectivity index (χ1v) is 9.30. The van der Waals surface area contributed by atoms with Crippen LogP contribution in [0.3, 0.4) is 0 Å². The molecule has 1 unspecified atom stereocenters. The van der Waals surface area contributed by atoms with E-state index in [-0.39, 0.29) is 5.91 Å². The molecule has 140 valence electrons. The Morgan fingerprint density at radius 1 is 1.32 bits per heavy atom. The third-order valence-corrected chi connectivity index (χ3v) is 4.62. The largest absolute Gasteiger partial charge is 0.497 e. The Kier molecular flexibility index (Phi) is 8.22. The highest BCUT2D eigenvalue weighted by molar-refractivity contribution is 5.76. The summed E-state index contributed by atoms with van der Waals surface area (Å²) in [5.74, 6) is 1.56. The van der Waals surface area contributed by atoms with E-state index in [2.05, 4.69) is 24.1 Å². The molecular weight excluding hydrogens is 316 g/mol. The second-order valence-corrected chi connectivity index (χ2v) is 7.09. The van der Waals surface area contributed by atoms with Crippen LogP contribution in [0.2, 0.25) is 0 Å². The maximum atomic E-state index is 12.3. The minimum atomic E-state index is 0.116. The fourth-order valence-electron chi connectivity index (χ4n) is 3.25. The van der Waals surface area contributed by atoms with Gasteiger partial charge in [-0.1, -0.05) is 26.0 Å². The monoisotopic (exact) mass is 348 g/mol. The standard InChI is InChI=1S/C20H32N2O3/c1-16(2)13-18(22-9-11-25-12-10-22)15-21-20(23)8-7-17-5-4-6-19(14-17)24-3/h4-6,14,16,18H,7-13,15H2,1-3H3,(H,21,23). The van der Waals surface area contributed by atoms with Crippen molar-refractivity contribution in [3.05, 3.63) is 29.8 Å². The van der Waals surface area contributed by atoms with Gasteiger partial charge in [0.05, 0.1) is 20.3 Å². The molecular formula is C20H32N2O3. The van der Waals surface area contributed by atoms with Crippen LogP contribution in [-0.2, 0) is 16.0 Å². The predicted octanol–water partition coefficient (Wildman–Crippen LogP) is 2.49. The van der Waals surface area contributed by atoms with Crippen molar-refractivity contribution in [1.29, 1.82) is 0 Å². The molecule has 1 saturated heterocycles. The maximum absolute atomic E-state index is 12.3. The van der Waals surface area contributed by atoms with Crippen LogP contribution in [0.4, 0.5) is 0 Å². The fraction of sp³-hybridized carbons (Fsp3) is 0.650. The van der Waals surface area contributed by atoms with Crippen LogP contribution in [0.5, 0.6) is 5.75 Å². The Bertz CT molecular complexity index is 527. The zero-order valence-corrected chi connectivity index (χ0v) is 15.8. The van der Waals surface area contributed by atoms with Gasteiger partial charge in [-0.05, 0) is 36.5 Å². The molecule has 1 aliphatic rings. The zero-order valence-electron chi connectivity index (χ0n) is 15.8. The first-order chi connectivity index (χ1) is 12.1. The topological polar surface area (TPSA) is 50.8 Å². The Labute approximate surface area is 151 Å². The van der Waals surface area contributed by atoms with Gasteiger partial charge < -0.3 is 14.8 Å². The Morgan fingerprint density at radius 3 is 2.76 bits per heavy atom. The van der Waals surface area contributed by atoms with Gasteiger partial charge in [0.25, 0.3) is 0 Å². The molecule has 5 heteroatoms. The van der Waals surface area contributed by atoms with Crippen molar-refractivity contribution >= 4 is 5.91 Å². The van der Waals surface area contributed by atoms with Crippen molar-refractivity contribution in [3.8, 4) is 5.75 Å². The summed E-state index contributed by atoms with van der Waals surface area (Å²) in [5.41, 5.74) is 1.13. The summed E-state index contributed by atoms with van der Waals surface area (Å²) in [6, 6.07) is 8.30. The lowest BCUT2D eigenvalue weighted by Gasteiger charge is -2.35. The van der Waals surface area contributed by atoms with Crippen molar-refractivity contribution in [2.75, 3.05) is 40.0 Å². The van der Waals surface area contributed by atoms with Gasteiger partial charge in [0, 0.05) is 32.1 Å². The van der Waals surface area contributed by atoms with E-state index in [0.29, 0.717) is 18.4 Å². The number of rotatable bonds is 9. The highest BCUT2D eigenvalue weighted by atomic mass is 16.5. The van der Waals surface area contributed by atoms with Gasteiger partial charge >= 0.3 is 0 Å². The summed E-state index contributed by atoms with van der Waals surface area (Å²) in [4.78, 5) is 14.7. The molecule has 1 N–H and O–H groups in total. The molecule has 0 aromatic heterocycles. The third-order valence-electron chi connectivity index (χ3n) is 4.62. The molecule has 1 aliphatic heterocycles. The van der Waals surface area contributed by atoms with Crippen LogP contribution < -0.4 is 10.1 Å². The van der Waals surface area contributed by atoms with E-state index in [1.165, 1.54) is 0 Å². The van der Waals surface area contributed by atoms with Gasteiger partial charge in [-0.3, -0.25) is 9.69 Å². The van der Waals surface area contributed by atoms with E-state index in [9.17, 15) is 4.79 Å². The number of carbonyl (C=O) groups excluding carboxylic acids is 1. The first kappa shape index (κ1) is 19.7. The van der Waals surface area contributed by atoms with Crippen LogP contribution in [0.15, 0.2) is 24.3 Å². The van der Waals surface area contributed by atoms with Crippen molar-refractivity contribution in [1.82, 2.24) is 10.2 Å². The minimum absolute atomic E-state index is 0.116. The second-order valence-electron chi connectivity index (χ2n) is 7.09. The molecule has 0 aliphatic carbocycles. The van der Waals surface area contributed by atoms with Crippen molar-refractivity contribution < 1.29 is 14.3 Å². The summed E-state index contributed by atoms with van der Waals surface area (Å²) in [7, 11) is 1.66. The van der Waals surface area contributed by atoms with Gasteiger partial charge in [-0.25, -0.2) is 0 Å². The molecule has 0 saturated carbocycles. The third kappa shape index (κ3) is 7.04. The van der Waals surface area contributed by atoms with Gasteiger partial charge in [-0.15, -0.1) is 0 Å².